The number of methoxy groups -OCH3 is 1. The first-order valence-corrected chi connectivity index (χ1v) is 6.40. The van der Waals surface area contributed by atoms with Gasteiger partial charge in [-0.25, -0.2) is 4.79 Å². The minimum absolute atomic E-state index is 0.201. The van der Waals surface area contributed by atoms with Gasteiger partial charge in [-0.2, -0.15) is 0 Å². The fourth-order valence-electron chi connectivity index (χ4n) is 2.40. The molecule has 2 atom stereocenters. The summed E-state index contributed by atoms with van der Waals surface area (Å²) in [6, 6.07) is 4.99. The number of benzene rings is 1. The zero-order valence-corrected chi connectivity index (χ0v) is 11.5. The first-order valence-electron chi connectivity index (χ1n) is 6.40. The van der Waals surface area contributed by atoms with Crippen LogP contribution in [0.15, 0.2) is 24.3 Å². The fraction of sp³-hybridized carbons (Fsp3) is 0.357. The van der Waals surface area contributed by atoms with Crippen LogP contribution in [0.4, 0.5) is 0 Å². The molecule has 1 aromatic carbocycles. The molecule has 7 nitrogen and oxygen atoms in total. The van der Waals surface area contributed by atoms with Gasteiger partial charge in [0.2, 0.25) is 5.91 Å². The van der Waals surface area contributed by atoms with E-state index in [1.54, 1.807) is 0 Å². The number of ether oxygens (including phenoxy) is 1. The number of carbonyl (C=O) groups excluding carboxylic acids is 2. The summed E-state index contributed by atoms with van der Waals surface area (Å²) in [5.74, 6) is -2.17. The molecule has 2 unspecified atom stereocenters. The van der Waals surface area contributed by atoms with Gasteiger partial charge in [-0.15, -0.1) is 0 Å². The van der Waals surface area contributed by atoms with E-state index >= 15 is 0 Å². The third-order valence-electron chi connectivity index (χ3n) is 3.54. The molecule has 0 bridgehead atoms. The van der Waals surface area contributed by atoms with Gasteiger partial charge in [0.25, 0.3) is 5.91 Å². The third-order valence-corrected chi connectivity index (χ3v) is 3.54. The molecule has 1 fully saturated rings. The van der Waals surface area contributed by atoms with Crippen molar-refractivity contribution in [2.45, 2.75) is 18.6 Å². The molecule has 0 aliphatic carbocycles. The van der Waals surface area contributed by atoms with E-state index in [1.165, 1.54) is 36.3 Å². The number of likely N-dealkylation sites (tertiary alicyclic amines) is 1. The van der Waals surface area contributed by atoms with Crippen molar-refractivity contribution >= 4 is 17.8 Å². The van der Waals surface area contributed by atoms with Crippen molar-refractivity contribution in [3.8, 4) is 0 Å². The monoisotopic (exact) mass is 292 g/mol. The Labute approximate surface area is 121 Å². The maximum atomic E-state index is 12.5. The molecule has 1 aliphatic heterocycles. The highest BCUT2D eigenvalue weighted by atomic mass is 16.5. The summed E-state index contributed by atoms with van der Waals surface area (Å²) in [4.78, 5) is 36.1. The van der Waals surface area contributed by atoms with E-state index in [2.05, 4.69) is 0 Å². The zero-order valence-electron chi connectivity index (χ0n) is 11.5. The zero-order chi connectivity index (χ0) is 15.6. The van der Waals surface area contributed by atoms with Gasteiger partial charge in [0.15, 0.2) is 0 Å². The third kappa shape index (κ3) is 3.03. The molecule has 1 saturated heterocycles. The van der Waals surface area contributed by atoms with Gasteiger partial charge in [-0.1, -0.05) is 6.07 Å². The van der Waals surface area contributed by atoms with Gasteiger partial charge in [0.05, 0.1) is 6.10 Å². The van der Waals surface area contributed by atoms with Crippen LogP contribution in [0.5, 0.6) is 0 Å². The second kappa shape index (κ2) is 5.92. The number of rotatable bonds is 4. The molecule has 1 heterocycles. The number of hydrogen-bond acceptors (Lipinski definition) is 4. The summed E-state index contributed by atoms with van der Waals surface area (Å²) < 4.78 is 5.14. The number of nitrogens with two attached hydrogens (primary N) is 1. The Morgan fingerprint density at radius 3 is 2.57 bits per heavy atom. The lowest BCUT2D eigenvalue weighted by Crippen LogP contribution is -2.40. The quantitative estimate of drug-likeness (QED) is 0.817. The lowest BCUT2D eigenvalue weighted by Gasteiger charge is -2.21. The summed E-state index contributed by atoms with van der Waals surface area (Å²) in [6.45, 7) is 0.201. The maximum Gasteiger partial charge on any atom is 0.326 e. The summed E-state index contributed by atoms with van der Waals surface area (Å²) in [5, 5.41) is 9.21. The van der Waals surface area contributed by atoms with E-state index in [4.69, 9.17) is 10.5 Å². The van der Waals surface area contributed by atoms with Gasteiger partial charge in [-0.3, -0.25) is 9.59 Å². The van der Waals surface area contributed by atoms with Crippen LogP contribution < -0.4 is 5.73 Å². The average Bonchev–Trinajstić information content (AvgIpc) is 2.91. The van der Waals surface area contributed by atoms with Crippen molar-refractivity contribution in [1.29, 1.82) is 0 Å². The normalized spacial score (nSPS) is 21.3. The summed E-state index contributed by atoms with van der Waals surface area (Å²) in [7, 11) is 1.48. The molecule has 3 N–H and O–H groups in total. The second-order valence-electron chi connectivity index (χ2n) is 4.85. The molecule has 7 heteroatoms. The van der Waals surface area contributed by atoms with E-state index in [1.807, 2.05) is 0 Å². The van der Waals surface area contributed by atoms with Crippen LogP contribution in [-0.2, 0) is 9.53 Å². The van der Waals surface area contributed by atoms with Crippen LogP contribution in [0.25, 0.3) is 0 Å². The van der Waals surface area contributed by atoms with Crippen LogP contribution >= 0.6 is 0 Å². The molecule has 0 aromatic heterocycles. The number of primary amides is 1. The predicted molar refractivity (Wildman–Crippen MR) is 72.8 cm³/mol. The first kappa shape index (κ1) is 15.0. The summed E-state index contributed by atoms with van der Waals surface area (Å²) in [5.41, 5.74) is 5.61. The van der Waals surface area contributed by atoms with Crippen LogP contribution in [0, 0.1) is 0 Å². The number of amides is 2. The topological polar surface area (TPSA) is 110 Å². The van der Waals surface area contributed by atoms with Gasteiger partial charge < -0.3 is 20.5 Å². The molecule has 2 rings (SSSR count). The highest BCUT2D eigenvalue weighted by Gasteiger charge is 2.40. The molecule has 0 saturated carbocycles. The highest BCUT2D eigenvalue weighted by Crippen LogP contribution is 2.23. The molecule has 2 amide bonds. The SMILES string of the molecule is COC1CC(C(=O)O)N(C(=O)c2cccc(C(N)=O)c2)C1. The van der Waals surface area contributed by atoms with Crippen molar-refractivity contribution in [3.63, 3.8) is 0 Å². The Balaban J connectivity index is 2.27. The number of carbonyl (C=O) groups is 3. The Morgan fingerprint density at radius 2 is 2.00 bits per heavy atom. The molecular formula is C14H16N2O5. The van der Waals surface area contributed by atoms with E-state index in [0.29, 0.717) is 0 Å². The number of carboxylic acids is 1. The van der Waals surface area contributed by atoms with Crippen molar-refractivity contribution in [2.24, 2.45) is 5.73 Å². The standard InChI is InChI=1S/C14H16N2O5/c1-21-10-6-11(14(19)20)16(7-10)13(18)9-4-2-3-8(5-9)12(15)17/h2-5,10-11H,6-7H2,1H3,(H2,15,17)(H,19,20). The molecule has 1 aliphatic rings. The van der Waals surface area contributed by atoms with Crippen LogP contribution in [0.1, 0.15) is 27.1 Å². The van der Waals surface area contributed by atoms with E-state index in [0.717, 1.165) is 0 Å². The maximum absolute atomic E-state index is 12.5. The molecule has 1 aromatic rings. The summed E-state index contributed by atoms with van der Waals surface area (Å²) >= 11 is 0. The van der Waals surface area contributed by atoms with E-state index in [-0.39, 0.29) is 30.2 Å². The fourth-order valence-corrected chi connectivity index (χ4v) is 2.40. The van der Waals surface area contributed by atoms with Crippen molar-refractivity contribution in [1.82, 2.24) is 4.90 Å². The van der Waals surface area contributed by atoms with Gasteiger partial charge in [-0.05, 0) is 18.2 Å². The molecular weight excluding hydrogens is 276 g/mol. The highest BCUT2D eigenvalue weighted by molar-refractivity contribution is 6.00. The minimum Gasteiger partial charge on any atom is -0.480 e. The summed E-state index contributed by atoms with van der Waals surface area (Å²) in [6.07, 6.45) is -0.0676. The van der Waals surface area contributed by atoms with Gasteiger partial charge >= 0.3 is 5.97 Å². The smallest absolute Gasteiger partial charge is 0.326 e. The van der Waals surface area contributed by atoms with E-state index < -0.39 is 23.8 Å². The largest absolute Gasteiger partial charge is 0.480 e. The van der Waals surface area contributed by atoms with Crippen LogP contribution in [0.2, 0.25) is 0 Å². The number of nitrogens with zero attached hydrogens (tertiary/aromatic N) is 1. The molecule has 112 valence electrons. The Hall–Kier alpha value is -2.41. The van der Waals surface area contributed by atoms with Gasteiger partial charge in [0, 0.05) is 31.2 Å². The van der Waals surface area contributed by atoms with E-state index in [9.17, 15) is 19.5 Å². The number of aliphatic carboxylic acids is 1. The predicted octanol–water partition coefficient (Wildman–Crippen LogP) is 0.0996. The second-order valence-corrected chi connectivity index (χ2v) is 4.85. The lowest BCUT2D eigenvalue weighted by molar-refractivity contribution is -0.141. The Kier molecular flexibility index (Phi) is 4.23. The van der Waals surface area contributed by atoms with Gasteiger partial charge in [0.1, 0.15) is 6.04 Å². The van der Waals surface area contributed by atoms with Crippen LogP contribution in [-0.4, -0.2) is 53.6 Å². The van der Waals surface area contributed by atoms with Crippen molar-refractivity contribution < 1.29 is 24.2 Å². The molecule has 0 spiro atoms. The van der Waals surface area contributed by atoms with Crippen molar-refractivity contribution in [2.75, 3.05) is 13.7 Å². The molecule has 0 radical (unpaired) electrons. The minimum atomic E-state index is -1.08. The molecule has 21 heavy (non-hydrogen) atoms. The number of hydrogen-bond donors (Lipinski definition) is 2. The lowest BCUT2D eigenvalue weighted by atomic mass is 10.1. The Bertz CT molecular complexity index is 586. The average molecular weight is 292 g/mol. The first-order chi connectivity index (χ1) is 9.93. The van der Waals surface area contributed by atoms with Crippen LogP contribution in [0.3, 0.4) is 0 Å². The Morgan fingerprint density at radius 1 is 1.33 bits per heavy atom. The number of carboxylic acid groups (broad SMARTS) is 1. The van der Waals surface area contributed by atoms with Crippen molar-refractivity contribution in [3.05, 3.63) is 35.4 Å².